The Morgan fingerprint density at radius 2 is 1.90 bits per heavy atom. The van der Waals surface area contributed by atoms with Gasteiger partial charge in [0.25, 0.3) is 0 Å². The average molecular weight is 265 g/mol. The normalized spacial score (nSPS) is 22.8. The summed E-state index contributed by atoms with van der Waals surface area (Å²) in [6.45, 7) is 6.63. The summed E-state index contributed by atoms with van der Waals surface area (Å²) < 4.78 is 0. The Balaban J connectivity index is 2.06. The number of rotatable bonds is 1. The Bertz CT molecular complexity index is 661. The molecule has 0 saturated carbocycles. The first-order valence-corrected chi connectivity index (χ1v) is 7.22. The monoisotopic (exact) mass is 265 g/mol. The van der Waals surface area contributed by atoms with Gasteiger partial charge in [-0.15, -0.1) is 0 Å². The first kappa shape index (κ1) is 12.9. The van der Waals surface area contributed by atoms with Crippen molar-refractivity contribution in [1.29, 1.82) is 5.26 Å². The largest absolute Gasteiger partial charge is 0.356 e. The fraction of sp³-hybridized carbons (Fsp3) is 0.412. The first-order valence-electron chi connectivity index (χ1n) is 7.22. The van der Waals surface area contributed by atoms with E-state index in [-0.39, 0.29) is 0 Å². The number of benzene rings is 1. The molecule has 0 unspecified atom stereocenters. The van der Waals surface area contributed by atoms with E-state index >= 15 is 0 Å². The Kier molecular flexibility index (Phi) is 3.31. The Morgan fingerprint density at radius 3 is 2.60 bits per heavy atom. The van der Waals surface area contributed by atoms with E-state index in [0.717, 1.165) is 35.4 Å². The van der Waals surface area contributed by atoms with E-state index in [4.69, 9.17) is 4.98 Å². The molecule has 0 spiro atoms. The second-order valence-corrected chi connectivity index (χ2v) is 6.01. The van der Waals surface area contributed by atoms with Crippen LogP contribution >= 0.6 is 0 Å². The Labute approximate surface area is 119 Å². The molecule has 2 heterocycles. The maximum absolute atomic E-state index is 9.37. The number of hydrogen-bond acceptors (Lipinski definition) is 3. The van der Waals surface area contributed by atoms with E-state index in [0.29, 0.717) is 11.8 Å². The van der Waals surface area contributed by atoms with Gasteiger partial charge in [0.2, 0.25) is 0 Å². The Hall–Kier alpha value is -2.08. The molecule has 1 aliphatic rings. The molecular formula is C17H19N3. The molecule has 20 heavy (non-hydrogen) atoms. The quantitative estimate of drug-likeness (QED) is 0.791. The summed E-state index contributed by atoms with van der Waals surface area (Å²) in [5.74, 6) is 2.30. The predicted molar refractivity (Wildman–Crippen MR) is 81.6 cm³/mol. The smallest absolute Gasteiger partial charge is 0.130 e. The molecule has 0 aliphatic carbocycles. The molecule has 3 rings (SSSR count). The van der Waals surface area contributed by atoms with Gasteiger partial charge >= 0.3 is 0 Å². The van der Waals surface area contributed by atoms with E-state index in [2.05, 4.69) is 24.8 Å². The number of pyridine rings is 1. The van der Waals surface area contributed by atoms with Crippen LogP contribution in [0, 0.1) is 23.2 Å². The summed E-state index contributed by atoms with van der Waals surface area (Å²) in [5, 5.41) is 10.3. The van der Waals surface area contributed by atoms with Crippen molar-refractivity contribution >= 4 is 16.7 Å². The molecule has 3 heteroatoms. The van der Waals surface area contributed by atoms with Crippen LogP contribution in [0.1, 0.15) is 25.8 Å². The van der Waals surface area contributed by atoms with Gasteiger partial charge in [-0.2, -0.15) is 5.26 Å². The number of fused-ring (bicyclic) bond motifs is 1. The second kappa shape index (κ2) is 5.13. The van der Waals surface area contributed by atoms with Crippen molar-refractivity contribution in [2.24, 2.45) is 11.8 Å². The van der Waals surface area contributed by atoms with Crippen LogP contribution in [0.15, 0.2) is 30.3 Å². The fourth-order valence-electron chi connectivity index (χ4n) is 3.27. The van der Waals surface area contributed by atoms with Crippen molar-refractivity contribution in [2.75, 3.05) is 18.0 Å². The predicted octanol–water partition coefficient (Wildman–Crippen LogP) is 3.59. The van der Waals surface area contributed by atoms with E-state index in [1.54, 1.807) is 0 Å². The van der Waals surface area contributed by atoms with E-state index < -0.39 is 0 Å². The number of anilines is 1. The molecule has 1 saturated heterocycles. The average Bonchev–Trinajstić information content (AvgIpc) is 2.45. The van der Waals surface area contributed by atoms with Crippen molar-refractivity contribution in [3.8, 4) is 6.07 Å². The molecule has 0 radical (unpaired) electrons. The van der Waals surface area contributed by atoms with Crippen LogP contribution in [-0.2, 0) is 0 Å². The number of aromatic nitrogens is 1. The molecule has 1 fully saturated rings. The van der Waals surface area contributed by atoms with Crippen molar-refractivity contribution < 1.29 is 0 Å². The van der Waals surface area contributed by atoms with Crippen LogP contribution in [0.4, 0.5) is 5.82 Å². The Morgan fingerprint density at radius 1 is 1.20 bits per heavy atom. The summed E-state index contributed by atoms with van der Waals surface area (Å²) in [6, 6.07) is 12.1. The number of para-hydroxylation sites is 1. The van der Waals surface area contributed by atoms with Gasteiger partial charge in [0.15, 0.2) is 0 Å². The standard InChI is InChI=1S/C17H19N3/c1-12-7-13(2)11-20(10-12)17-8-14(9-18)15-5-3-4-6-16(15)19-17/h3-6,8,12-13H,7,10-11H2,1-2H3/t12-,13-/m0/s1. The number of nitrogens with zero attached hydrogens (tertiary/aromatic N) is 3. The maximum Gasteiger partial charge on any atom is 0.130 e. The van der Waals surface area contributed by atoms with Gasteiger partial charge in [-0.1, -0.05) is 32.0 Å². The summed E-state index contributed by atoms with van der Waals surface area (Å²) in [6.07, 6.45) is 1.27. The van der Waals surface area contributed by atoms with Crippen LogP contribution in [-0.4, -0.2) is 18.1 Å². The maximum atomic E-state index is 9.37. The summed E-state index contributed by atoms with van der Waals surface area (Å²) >= 11 is 0. The molecule has 102 valence electrons. The van der Waals surface area contributed by atoms with Crippen LogP contribution in [0.5, 0.6) is 0 Å². The van der Waals surface area contributed by atoms with Gasteiger partial charge < -0.3 is 4.90 Å². The van der Waals surface area contributed by atoms with Crippen molar-refractivity contribution in [1.82, 2.24) is 4.98 Å². The van der Waals surface area contributed by atoms with Crippen LogP contribution in [0.3, 0.4) is 0 Å². The zero-order chi connectivity index (χ0) is 14.1. The minimum absolute atomic E-state index is 0.678. The summed E-state index contributed by atoms with van der Waals surface area (Å²) in [4.78, 5) is 7.08. The highest BCUT2D eigenvalue weighted by Gasteiger charge is 2.23. The molecule has 3 nitrogen and oxygen atoms in total. The highest BCUT2D eigenvalue weighted by Crippen LogP contribution is 2.28. The SMILES string of the molecule is C[C@H]1C[C@H](C)CN(c2cc(C#N)c3ccccc3n2)C1. The van der Waals surface area contributed by atoms with Crippen LogP contribution < -0.4 is 4.90 Å². The number of piperidine rings is 1. The number of nitriles is 1. The number of hydrogen-bond donors (Lipinski definition) is 0. The van der Waals surface area contributed by atoms with E-state index in [1.165, 1.54) is 6.42 Å². The highest BCUT2D eigenvalue weighted by atomic mass is 15.2. The summed E-state index contributed by atoms with van der Waals surface area (Å²) in [7, 11) is 0. The first-order chi connectivity index (χ1) is 9.67. The van der Waals surface area contributed by atoms with E-state index in [1.807, 2.05) is 30.3 Å². The molecule has 1 aliphatic heterocycles. The molecule has 2 atom stereocenters. The molecule has 0 N–H and O–H groups in total. The minimum atomic E-state index is 0.678. The molecular weight excluding hydrogens is 246 g/mol. The molecule has 1 aromatic heterocycles. The molecule has 0 amide bonds. The van der Waals surface area contributed by atoms with Gasteiger partial charge in [-0.05, 0) is 30.4 Å². The van der Waals surface area contributed by atoms with Gasteiger partial charge in [0.1, 0.15) is 5.82 Å². The van der Waals surface area contributed by atoms with E-state index in [9.17, 15) is 5.26 Å². The zero-order valence-electron chi connectivity index (χ0n) is 12.0. The molecule has 0 bridgehead atoms. The van der Waals surface area contributed by atoms with Crippen molar-refractivity contribution in [3.63, 3.8) is 0 Å². The third kappa shape index (κ3) is 2.34. The van der Waals surface area contributed by atoms with Gasteiger partial charge in [0, 0.05) is 18.5 Å². The zero-order valence-corrected chi connectivity index (χ0v) is 12.0. The van der Waals surface area contributed by atoms with Crippen LogP contribution in [0.2, 0.25) is 0 Å². The second-order valence-electron chi connectivity index (χ2n) is 6.01. The van der Waals surface area contributed by atoms with Gasteiger partial charge in [-0.25, -0.2) is 4.98 Å². The topological polar surface area (TPSA) is 39.9 Å². The lowest BCUT2D eigenvalue weighted by atomic mass is 9.92. The lowest BCUT2D eigenvalue weighted by Gasteiger charge is -2.36. The minimum Gasteiger partial charge on any atom is -0.356 e. The molecule has 2 aromatic rings. The van der Waals surface area contributed by atoms with Crippen LogP contribution in [0.25, 0.3) is 10.9 Å². The highest BCUT2D eigenvalue weighted by molar-refractivity contribution is 5.86. The van der Waals surface area contributed by atoms with Gasteiger partial charge in [0.05, 0.1) is 17.1 Å². The third-order valence-corrected chi connectivity index (χ3v) is 4.02. The lowest BCUT2D eigenvalue weighted by Crippen LogP contribution is -2.39. The fourth-order valence-corrected chi connectivity index (χ4v) is 3.27. The third-order valence-electron chi connectivity index (χ3n) is 4.02. The van der Waals surface area contributed by atoms with Crippen molar-refractivity contribution in [2.45, 2.75) is 20.3 Å². The summed E-state index contributed by atoms with van der Waals surface area (Å²) in [5.41, 5.74) is 1.63. The van der Waals surface area contributed by atoms with Crippen molar-refractivity contribution in [3.05, 3.63) is 35.9 Å². The van der Waals surface area contributed by atoms with Gasteiger partial charge in [-0.3, -0.25) is 0 Å². The molecule has 1 aromatic carbocycles. The lowest BCUT2D eigenvalue weighted by molar-refractivity contribution is 0.355.